The molecule has 0 fully saturated rings. The van der Waals surface area contributed by atoms with E-state index in [1.807, 2.05) is 12.1 Å². The van der Waals surface area contributed by atoms with Crippen LogP contribution in [0.15, 0.2) is 229 Å². The summed E-state index contributed by atoms with van der Waals surface area (Å²) in [4.78, 5) is 2.35. The molecule has 1 aromatic heterocycles. The lowest BCUT2D eigenvalue weighted by molar-refractivity contribution is 0.670. The van der Waals surface area contributed by atoms with Gasteiger partial charge in [0.05, 0.1) is 0 Å². The molecule has 2 heteroatoms. The van der Waals surface area contributed by atoms with Crippen LogP contribution in [0, 0.1) is 0 Å². The molecule has 0 aliphatic rings. The quantitative estimate of drug-likeness (QED) is 0.162. The fourth-order valence-corrected chi connectivity index (χ4v) is 8.43. The third-order valence-corrected chi connectivity index (χ3v) is 11.5. The maximum absolute atomic E-state index is 6.42. The second kappa shape index (κ2) is 14.1. The Bertz CT molecular complexity index is 3270. The van der Waals surface area contributed by atoms with Crippen molar-refractivity contribution in [3.63, 3.8) is 0 Å². The van der Waals surface area contributed by atoms with Crippen molar-refractivity contribution >= 4 is 60.5 Å². The number of furan rings is 1. The zero-order valence-corrected chi connectivity index (χ0v) is 31.7. The predicted molar refractivity (Wildman–Crippen MR) is 245 cm³/mol. The Morgan fingerprint density at radius 2 is 0.741 bits per heavy atom. The van der Waals surface area contributed by atoms with Gasteiger partial charge in [0.2, 0.25) is 0 Å². The molecule has 58 heavy (non-hydrogen) atoms. The van der Waals surface area contributed by atoms with Gasteiger partial charge in [0.1, 0.15) is 11.2 Å². The lowest BCUT2D eigenvalue weighted by Gasteiger charge is -2.26. The maximum Gasteiger partial charge on any atom is 0.143 e. The fraction of sp³-hybridized carbons (Fsp3) is 0. The molecule has 11 rings (SSSR count). The standard InChI is InChI=1S/C56H37NO/c1-3-11-44-35-47(25-23-38(44)9-1)41-21-19-40(20-22-41)46-13-7-14-51(37-46)57(49-31-27-42(28-32-49)48-26-24-39-10-2-4-12-45(39)36-48)50-33-29-43(30-34-50)52-16-8-17-54-53-15-5-6-18-55(53)58-56(52)54/h1-37H. The van der Waals surface area contributed by atoms with Gasteiger partial charge in [-0.3, -0.25) is 0 Å². The molecular formula is C56H37NO. The molecule has 0 unspecified atom stereocenters. The molecule has 0 aliphatic carbocycles. The Morgan fingerprint density at radius 1 is 0.276 bits per heavy atom. The van der Waals surface area contributed by atoms with Crippen molar-refractivity contribution < 1.29 is 4.42 Å². The molecule has 0 radical (unpaired) electrons. The molecule has 1 heterocycles. The Kier molecular flexibility index (Phi) is 8.19. The number of fused-ring (bicyclic) bond motifs is 5. The summed E-state index contributed by atoms with van der Waals surface area (Å²) in [5.74, 6) is 0. The molecular weight excluding hydrogens is 703 g/mol. The third kappa shape index (κ3) is 6.09. The van der Waals surface area contributed by atoms with Gasteiger partial charge in [0, 0.05) is 33.4 Å². The van der Waals surface area contributed by atoms with Crippen LogP contribution in [0.5, 0.6) is 0 Å². The van der Waals surface area contributed by atoms with Crippen molar-refractivity contribution in [2.45, 2.75) is 0 Å². The first-order valence-corrected chi connectivity index (χ1v) is 19.8. The van der Waals surface area contributed by atoms with Crippen molar-refractivity contribution in [2.75, 3.05) is 4.90 Å². The minimum atomic E-state index is 0.906. The summed E-state index contributed by atoms with van der Waals surface area (Å²) in [5.41, 5.74) is 14.4. The zero-order chi connectivity index (χ0) is 38.4. The van der Waals surface area contributed by atoms with Crippen LogP contribution >= 0.6 is 0 Å². The highest BCUT2D eigenvalue weighted by molar-refractivity contribution is 6.09. The topological polar surface area (TPSA) is 16.4 Å². The lowest BCUT2D eigenvalue weighted by Crippen LogP contribution is -2.10. The van der Waals surface area contributed by atoms with E-state index in [1.54, 1.807) is 0 Å². The van der Waals surface area contributed by atoms with Crippen LogP contribution in [0.3, 0.4) is 0 Å². The first-order valence-electron chi connectivity index (χ1n) is 19.8. The van der Waals surface area contributed by atoms with Gasteiger partial charge in [0.25, 0.3) is 0 Å². The Morgan fingerprint density at radius 3 is 1.36 bits per heavy atom. The Labute approximate surface area is 337 Å². The first kappa shape index (κ1) is 33.6. The SMILES string of the molecule is c1cc(-c2ccc(-c3ccc4ccccc4c3)cc2)cc(N(c2ccc(-c3ccc4ccccc4c3)cc2)c2ccc(-c3cccc4c3oc3ccccc34)cc2)c1. The van der Waals surface area contributed by atoms with Crippen LogP contribution in [0.1, 0.15) is 0 Å². The van der Waals surface area contributed by atoms with Crippen LogP contribution in [0.25, 0.3) is 88.0 Å². The number of hydrogen-bond acceptors (Lipinski definition) is 2. The van der Waals surface area contributed by atoms with E-state index >= 15 is 0 Å². The van der Waals surface area contributed by atoms with E-state index in [2.05, 4.69) is 217 Å². The predicted octanol–water partition coefficient (Wildman–Crippen LogP) is 16.0. The summed E-state index contributed by atoms with van der Waals surface area (Å²) in [6.45, 7) is 0. The van der Waals surface area contributed by atoms with E-state index in [9.17, 15) is 0 Å². The maximum atomic E-state index is 6.42. The van der Waals surface area contributed by atoms with Crippen molar-refractivity contribution in [3.8, 4) is 44.5 Å². The average molecular weight is 740 g/mol. The second-order valence-electron chi connectivity index (χ2n) is 15.0. The van der Waals surface area contributed by atoms with Crippen molar-refractivity contribution in [1.82, 2.24) is 0 Å². The highest BCUT2D eigenvalue weighted by Gasteiger charge is 2.17. The van der Waals surface area contributed by atoms with Gasteiger partial charge < -0.3 is 9.32 Å². The average Bonchev–Trinajstić information content (AvgIpc) is 3.69. The van der Waals surface area contributed by atoms with Crippen molar-refractivity contribution in [2.24, 2.45) is 0 Å². The molecule has 0 atom stereocenters. The van der Waals surface area contributed by atoms with Gasteiger partial charge >= 0.3 is 0 Å². The Hall–Kier alpha value is -7.68. The van der Waals surface area contributed by atoms with Gasteiger partial charge in [0.15, 0.2) is 0 Å². The van der Waals surface area contributed by atoms with Crippen LogP contribution in [-0.2, 0) is 0 Å². The van der Waals surface area contributed by atoms with Crippen molar-refractivity contribution in [1.29, 1.82) is 0 Å². The smallest absolute Gasteiger partial charge is 0.143 e. The molecule has 11 aromatic rings. The third-order valence-electron chi connectivity index (χ3n) is 11.5. The minimum Gasteiger partial charge on any atom is -0.455 e. The summed E-state index contributed by atoms with van der Waals surface area (Å²) < 4.78 is 6.42. The molecule has 0 bridgehead atoms. The highest BCUT2D eigenvalue weighted by Crippen LogP contribution is 2.41. The van der Waals surface area contributed by atoms with Crippen LogP contribution in [0.2, 0.25) is 0 Å². The second-order valence-corrected chi connectivity index (χ2v) is 15.0. The van der Waals surface area contributed by atoms with Crippen LogP contribution in [0.4, 0.5) is 17.1 Å². The van der Waals surface area contributed by atoms with Gasteiger partial charge in [-0.15, -0.1) is 0 Å². The summed E-state index contributed by atoms with van der Waals surface area (Å²) in [6.07, 6.45) is 0. The number of rotatable bonds is 7. The molecule has 0 N–H and O–H groups in total. The number of benzene rings is 10. The number of para-hydroxylation sites is 2. The molecule has 0 spiro atoms. The molecule has 272 valence electrons. The van der Waals surface area contributed by atoms with Gasteiger partial charge in [-0.25, -0.2) is 0 Å². The summed E-state index contributed by atoms with van der Waals surface area (Å²) >= 11 is 0. The number of nitrogens with zero attached hydrogens (tertiary/aromatic N) is 1. The van der Waals surface area contributed by atoms with Crippen LogP contribution < -0.4 is 4.90 Å². The first-order chi connectivity index (χ1) is 28.7. The fourth-order valence-electron chi connectivity index (χ4n) is 8.43. The molecule has 0 amide bonds. The summed E-state index contributed by atoms with van der Waals surface area (Å²) in [7, 11) is 0. The molecule has 2 nitrogen and oxygen atoms in total. The number of hydrogen-bond donors (Lipinski definition) is 0. The van der Waals surface area contributed by atoms with E-state index in [1.165, 1.54) is 49.4 Å². The largest absolute Gasteiger partial charge is 0.455 e. The Balaban J connectivity index is 0.969. The lowest BCUT2D eigenvalue weighted by atomic mass is 9.98. The van der Waals surface area contributed by atoms with Gasteiger partial charge in [-0.05, 0) is 115 Å². The monoisotopic (exact) mass is 739 g/mol. The highest BCUT2D eigenvalue weighted by atomic mass is 16.3. The van der Waals surface area contributed by atoms with Crippen LogP contribution in [-0.4, -0.2) is 0 Å². The van der Waals surface area contributed by atoms with E-state index in [4.69, 9.17) is 4.42 Å². The summed E-state index contributed by atoms with van der Waals surface area (Å²) in [5, 5.41) is 7.26. The van der Waals surface area contributed by atoms with E-state index < -0.39 is 0 Å². The molecule has 0 saturated carbocycles. The minimum absolute atomic E-state index is 0.906. The van der Waals surface area contributed by atoms with Gasteiger partial charge in [-0.1, -0.05) is 170 Å². The molecule has 10 aromatic carbocycles. The normalized spacial score (nSPS) is 11.4. The van der Waals surface area contributed by atoms with E-state index in [0.29, 0.717) is 0 Å². The molecule has 0 aliphatic heterocycles. The van der Waals surface area contributed by atoms with E-state index in [-0.39, 0.29) is 0 Å². The summed E-state index contributed by atoms with van der Waals surface area (Å²) in [6, 6.07) is 80.7. The van der Waals surface area contributed by atoms with Gasteiger partial charge in [-0.2, -0.15) is 0 Å². The van der Waals surface area contributed by atoms with E-state index in [0.717, 1.165) is 55.7 Å². The van der Waals surface area contributed by atoms with Crippen molar-refractivity contribution in [3.05, 3.63) is 224 Å². The molecule has 0 saturated heterocycles. The zero-order valence-electron chi connectivity index (χ0n) is 31.7. The number of anilines is 3.